The van der Waals surface area contributed by atoms with E-state index in [-0.39, 0.29) is 32.2 Å². The fourth-order valence-electron chi connectivity index (χ4n) is 8.23. The molecule has 0 aliphatic rings. The fourth-order valence-corrected chi connectivity index (χ4v) is 8.23. The fraction of sp³-hybridized carbons (Fsp3) is 0.0702. The third-order valence-electron chi connectivity index (χ3n) is 11.1. The topological polar surface area (TPSA) is 0 Å². The van der Waals surface area contributed by atoms with Crippen molar-refractivity contribution in [2.75, 3.05) is 0 Å². The molecule has 11 rings (SSSR count). The molecule has 61 heavy (non-hydrogen) atoms. The van der Waals surface area contributed by atoms with Gasteiger partial charge < -0.3 is 7.43 Å². The SMILES string of the molecule is CCc1cc(-c2cc3ccccc3[cH-]2)c2c(ccc3ccccc32)c1.CCc1cc(-c2cc3ccccc3[cH-]2)c2c(ccc3ccccc32)c1.Cl.Cl.[CH3-].[Si]=[Zr].[c-]1ccccc1. The molecule has 2 radical (unpaired) electrons. The maximum absolute atomic E-state index is 3.06. The summed E-state index contributed by atoms with van der Waals surface area (Å²) in [5.41, 5.74) is 8.12. The van der Waals surface area contributed by atoms with Crippen LogP contribution >= 0.6 is 24.8 Å². The van der Waals surface area contributed by atoms with Crippen molar-refractivity contribution in [2.24, 2.45) is 0 Å². The second kappa shape index (κ2) is 22.1. The van der Waals surface area contributed by atoms with Gasteiger partial charge in [0.05, 0.1) is 0 Å². The van der Waals surface area contributed by atoms with E-state index in [4.69, 9.17) is 0 Å². The Labute approximate surface area is 390 Å². The summed E-state index contributed by atoms with van der Waals surface area (Å²) in [6.45, 7) is 7.52. The molecule has 0 spiro atoms. The average molecular weight is 923 g/mol. The molecule has 302 valence electrons. The molecule has 0 aliphatic heterocycles. The van der Waals surface area contributed by atoms with Crippen molar-refractivity contribution in [3.05, 3.63) is 225 Å². The van der Waals surface area contributed by atoms with E-state index in [1.165, 1.54) is 121 Å². The van der Waals surface area contributed by atoms with Crippen LogP contribution < -0.4 is 0 Å². The van der Waals surface area contributed by atoms with Gasteiger partial charge in [0.15, 0.2) is 0 Å². The van der Waals surface area contributed by atoms with Crippen LogP contribution in [0.15, 0.2) is 200 Å². The zero-order valence-electron chi connectivity index (χ0n) is 34.8. The predicted octanol–water partition coefficient (Wildman–Crippen LogP) is 16.6. The van der Waals surface area contributed by atoms with Gasteiger partial charge in [-0.25, -0.2) is 0 Å². The second-order valence-corrected chi connectivity index (χ2v) is 14.6. The third kappa shape index (κ3) is 10.2. The van der Waals surface area contributed by atoms with Crippen molar-refractivity contribution in [1.82, 2.24) is 0 Å². The molecule has 0 fully saturated rings. The van der Waals surface area contributed by atoms with Crippen LogP contribution in [0, 0.1) is 13.5 Å². The Hall–Kier alpha value is -5.08. The smallest absolute Gasteiger partial charge is 0.171 e. The molecule has 0 bridgehead atoms. The molecule has 0 saturated carbocycles. The van der Waals surface area contributed by atoms with E-state index in [0.29, 0.717) is 0 Å². The molecule has 11 aromatic carbocycles. The van der Waals surface area contributed by atoms with Crippen LogP contribution in [0.1, 0.15) is 25.0 Å². The van der Waals surface area contributed by atoms with Crippen LogP contribution in [0.25, 0.3) is 86.9 Å². The van der Waals surface area contributed by atoms with E-state index in [9.17, 15) is 0 Å². The molecule has 11 aromatic rings. The standard InChI is InChI=1S/2C25H19.C6H5.CH3.2ClH.Si.Zr/c2*1-2-17-13-21-12-11-18-7-5-6-10-23(18)25(21)24(14-17)22-15-19-8-3-4-9-20(19)16-22;1-2-4-6-5-3-1;;;;;/h2*3-16H,2H2,1H3;1-5H;1H3;2*1H;;/q4*-1;;;;. The van der Waals surface area contributed by atoms with Crippen molar-refractivity contribution >= 4 is 96.3 Å². The van der Waals surface area contributed by atoms with Crippen molar-refractivity contribution in [2.45, 2.75) is 26.7 Å². The molecule has 0 amide bonds. The largest absolute Gasteiger partial charge is 0.184 e. The number of hydrogen-bond donors (Lipinski definition) is 0. The van der Waals surface area contributed by atoms with Gasteiger partial charge in [0.1, 0.15) is 0 Å². The van der Waals surface area contributed by atoms with Gasteiger partial charge in [-0.3, -0.25) is 0 Å². The first-order valence-corrected chi connectivity index (χ1v) is 24.2. The normalized spacial score (nSPS) is 10.3. The van der Waals surface area contributed by atoms with Crippen LogP contribution in [-0.2, 0) is 36.2 Å². The number of aryl methyl sites for hydroxylation is 2. The minimum atomic E-state index is 0. The van der Waals surface area contributed by atoms with Crippen molar-refractivity contribution < 1.29 is 23.3 Å². The van der Waals surface area contributed by atoms with Gasteiger partial charge >= 0.3 is 30.2 Å². The molecule has 4 heteroatoms. The summed E-state index contributed by atoms with van der Waals surface area (Å²) in [7, 11) is 0. The predicted molar refractivity (Wildman–Crippen MR) is 271 cm³/mol. The van der Waals surface area contributed by atoms with Gasteiger partial charge in [-0.1, -0.05) is 170 Å². The minimum Gasteiger partial charge on any atom is -0.184 e. The molecule has 0 aromatic heterocycles. The first-order valence-electron chi connectivity index (χ1n) is 20.0. The molecule has 0 unspecified atom stereocenters. The van der Waals surface area contributed by atoms with E-state index >= 15 is 0 Å². The second-order valence-electron chi connectivity index (χ2n) is 14.6. The van der Waals surface area contributed by atoms with Gasteiger partial charge in [0, 0.05) is 0 Å². The maximum Gasteiger partial charge on any atom is -0.171 e. The van der Waals surface area contributed by atoms with Crippen molar-refractivity contribution in [1.29, 1.82) is 0 Å². The van der Waals surface area contributed by atoms with Gasteiger partial charge in [0.2, 0.25) is 0 Å². The quantitative estimate of drug-likeness (QED) is 0.0937. The van der Waals surface area contributed by atoms with Crippen LogP contribution in [-0.4, -0.2) is 6.88 Å². The molecular formula is C57H48Cl2SiZr-4. The number of fused-ring (bicyclic) bond motifs is 8. The molecule has 0 nitrogen and oxygen atoms in total. The number of halogens is 2. The number of benzene rings is 9. The van der Waals surface area contributed by atoms with Gasteiger partial charge in [-0.05, 0) is 55.9 Å². The van der Waals surface area contributed by atoms with E-state index in [1.54, 1.807) is 0 Å². The summed E-state index contributed by atoms with van der Waals surface area (Å²) in [4.78, 5) is 0. The Morgan fingerprint density at radius 2 is 0.803 bits per heavy atom. The summed E-state index contributed by atoms with van der Waals surface area (Å²) in [5, 5.41) is 15.9. The molecule has 0 atom stereocenters. The Morgan fingerprint density at radius 1 is 0.426 bits per heavy atom. The van der Waals surface area contributed by atoms with E-state index in [1.807, 2.05) is 30.3 Å². The maximum atomic E-state index is 3.06. The average Bonchev–Trinajstić information content (AvgIpc) is 3.95. The van der Waals surface area contributed by atoms with Crippen LogP contribution in [0.4, 0.5) is 0 Å². The number of rotatable bonds is 4. The Kier molecular flexibility index (Phi) is 17.1. The molecule has 0 heterocycles. The molecule has 0 N–H and O–H groups in total. The first kappa shape index (κ1) is 47.0. The minimum absolute atomic E-state index is 0. The van der Waals surface area contributed by atoms with E-state index in [2.05, 4.69) is 197 Å². The van der Waals surface area contributed by atoms with Crippen LogP contribution in [0.2, 0.25) is 0 Å². The number of hydrogen-bond acceptors (Lipinski definition) is 0. The van der Waals surface area contributed by atoms with Crippen LogP contribution in [0.3, 0.4) is 0 Å². The summed E-state index contributed by atoms with van der Waals surface area (Å²) in [5.74, 6) is 0. The van der Waals surface area contributed by atoms with Crippen LogP contribution in [0.5, 0.6) is 0 Å². The Balaban J connectivity index is 0.000000188. The zero-order chi connectivity index (χ0) is 39.8. The molecule has 0 aliphatic carbocycles. The molecule has 0 saturated heterocycles. The van der Waals surface area contributed by atoms with Gasteiger partial charge in [-0.2, -0.15) is 36.4 Å². The summed E-state index contributed by atoms with van der Waals surface area (Å²) in [6, 6.07) is 74.9. The van der Waals surface area contributed by atoms with E-state index in [0.717, 1.165) is 12.8 Å². The summed E-state index contributed by atoms with van der Waals surface area (Å²) in [6.07, 6.45) is 2.10. The zero-order valence-corrected chi connectivity index (χ0v) is 39.9. The van der Waals surface area contributed by atoms with Crippen molar-refractivity contribution in [3.63, 3.8) is 0 Å². The Morgan fingerprint density at radius 3 is 1.16 bits per heavy atom. The third-order valence-corrected chi connectivity index (χ3v) is 11.1. The monoisotopic (exact) mass is 920 g/mol. The van der Waals surface area contributed by atoms with E-state index < -0.39 is 0 Å². The van der Waals surface area contributed by atoms with Gasteiger partial charge in [0.25, 0.3) is 0 Å². The van der Waals surface area contributed by atoms with Crippen molar-refractivity contribution in [3.8, 4) is 22.3 Å². The summed E-state index contributed by atoms with van der Waals surface area (Å²) >= 11 is 1.36. The first-order chi connectivity index (χ1) is 28.7. The molecular weight excluding hydrogens is 875 g/mol. The Bertz CT molecular complexity index is 2850. The summed E-state index contributed by atoms with van der Waals surface area (Å²) < 4.78 is 0. The van der Waals surface area contributed by atoms with Gasteiger partial charge in [-0.15, -0.1) is 93.9 Å².